The third-order valence-corrected chi connectivity index (χ3v) is 13.3. The highest BCUT2D eigenvalue weighted by Crippen LogP contribution is 2.45. The standard InChI is InChI=1S/C52H33NS2/c1-2-15-39(16-3-1)53(48-24-10-14-35-13-4-5-17-41(35)48)40-29-27-34(28-30-40)36-31-37(42-20-11-22-46-44-18-6-8-25-49(44)54-51(42)46)33-38(32-36)43-21-12-23-47-45-19-7-9-26-50(45)55-52(43)47/h1-33H. The van der Waals surface area contributed by atoms with Crippen LogP contribution in [0.5, 0.6) is 0 Å². The van der Waals surface area contributed by atoms with Gasteiger partial charge in [0.05, 0.1) is 5.69 Å². The van der Waals surface area contributed by atoms with Crippen LogP contribution in [0.25, 0.3) is 84.5 Å². The highest BCUT2D eigenvalue weighted by atomic mass is 32.1. The van der Waals surface area contributed by atoms with Gasteiger partial charge in [0.1, 0.15) is 0 Å². The monoisotopic (exact) mass is 735 g/mol. The van der Waals surface area contributed by atoms with Crippen molar-refractivity contribution in [2.45, 2.75) is 0 Å². The van der Waals surface area contributed by atoms with E-state index in [1.54, 1.807) is 0 Å². The minimum Gasteiger partial charge on any atom is -0.310 e. The summed E-state index contributed by atoms with van der Waals surface area (Å²) in [7, 11) is 0. The molecule has 55 heavy (non-hydrogen) atoms. The van der Waals surface area contributed by atoms with Gasteiger partial charge in [0.15, 0.2) is 0 Å². The number of hydrogen-bond donors (Lipinski definition) is 0. The summed E-state index contributed by atoms with van der Waals surface area (Å²) in [5.74, 6) is 0. The quantitative estimate of drug-likeness (QED) is 0.164. The Morgan fingerprint density at radius 3 is 1.42 bits per heavy atom. The van der Waals surface area contributed by atoms with Crippen molar-refractivity contribution in [2.75, 3.05) is 4.90 Å². The summed E-state index contributed by atoms with van der Waals surface area (Å²) in [5.41, 5.74) is 10.8. The molecule has 1 nitrogen and oxygen atoms in total. The topological polar surface area (TPSA) is 3.24 Å². The molecule has 9 aromatic carbocycles. The molecule has 0 fully saturated rings. The fourth-order valence-electron chi connectivity index (χ4n) is 8.26. The van der Waals surface area contributed by atoms with Crippen molar-refractivity contribution in [3.63, 3.8) is 0 Å². The molecular formula is C52H33NS2. The van der Waals surface area contributed by atoms with Crippen molar-refractivity contribution in [1.29, 1.82) is 0 Å². The van der Waals surface area contributed by atoms with E-state index in [1.807, 2.05) is 22.7 Å². The molecule has 2 heterocycles. The van der Waals surface area contributed by atoms with E-state index in [0.29, 0.717) is 0 Å². The van der Waals surface area contributed by atoms with Crippen LogP contribution in [0, 0.1) is 0 Å². The van der Waals surface area contributed by atoms with Crippen molar-refractivity contribution in [1.82, 2.24) is 0 Å². The lowest BCUT2D eigenvalue weighted by molar-refractivity contribution is 1.30. The average Bonchev–Trinajstić information content (AvgIpc) is 3.83. The SMILES string of the molecule is c1ccc(N(c2ccc(-c3cc(-c4cccc5c4sc4ccccc45)cc(-c4cccc5c4sc4ccccc45)c3)cc2)c2cccc3ccccc23)cc1. The van der Waals surface area contributed by atoms with E-state index < -0.39 is 0 Å². The summed E-state index contributed by atoms with van der Waals surface area (Å²) < 4.78 is 5.30. The fraction of sp³-hybridized carbons (Fsp3) is 0. The number of para-hydroxylation sites is 1. The zero-order valence-corrected chi connectivity index (χ0v) is 31.4. The van der Waals surface area contributed by atoms with Crippen LogP contribution in [0.3, 0.4) is 0 Å². The largest absolute Gasteiger partial charge is 0.310 e. The summed E-state index contributed by atoms with van der Waals surface area (Å²) in [4.78, 5) is 2.37. The van der Waals surface area contributed by atoms with Gasteiger partial charge in [0.25, 0.3) is 0 Å². The molecule has 0 bridgehead atoms. The lowest BCUT2D eigenvalue weighted by atomic mass is 9.92. The molecule has 0 amide bonds. The third kappa shape index (κ3) is 5.43. The number of benzene rings is 9. The second-order valence-corrected chi connectivity index (χ2v) is 16.2. The van der Waals surface area contributed by atoms with Gasteiger partial charge < -0.3 is 4.90 Å². The lowest BCUT2D eigenvalue weighted by Gasteiger charge is -2.27. The van der Waals surface area contributed by atoms with Gasteiger partial charge in [-0.1, -0.05) is 140 Å². The Morgan fingerprint density at radius 2 is 0.782 bits per heavy atom. The third-order valence-electron chi connectivity index (χ3n) is 10.8. The molecule has 0 N–H and O–H groups in total. The minimum atomic E-state index is 1.12. The number of rotatable bonds is 6. The Kier molecular flexibility index (Phi) is 7.61. The van der Waals surface area contributed by atoms with Gasteiger partial charge in [0, 0.05) is 57.1 Å². The van der Waals surface area contributed by atoms with Gasteiger partial charge >= 0.3 is 0 Å². The van der Waals surface area contributed by atoms with E-state index in [0.717, 1.165) is 17.1 Å². The van der Waals surface area contributed by atoms with Crippen LogP contribution in [0.2, 0.25) is 0 Å². The summed E-state index contributed by atoms with van der Waals surface area (Å²) in [6.07, 6.45) is 0. The first-order valence-electron chi connectivity index (χ1n) is 18.7. The first-order valence-corrected chi connectivity index (χ1v) is 20.3. The van der Waals surface area contributed by atoms with Gasteiger partial charge in [-0.25, -0.2) is 0 Å². The molecule has 2 aromatic heterocycles. The molecule has 0 aliphatic carbocycles. The number of hydrogen-bond acceptors (Lipinski definition) is 3. The maximum atomic E-state index is 2.41. The Labute approximate surface area is 327 Å². The summed E-state index contributed by atoms with van der Waals surface area (Å²) in [6, 6.07) is 73.4. The van der Waals surface area contributed by atoms with Gasteiger partial charge in [-0.3, -0.25) is 0 Å². The van der Waals surface area contributed by atoms with Crippen LogP contribution in [0.1, 0.15) is 0 Å². The molecule has 0 aliphatic rings. The van der Waals surface area contributed by atoms with Crippen molar-refractivity contribution in [3.8, 4) is 33.4 Å². The van der Waals surface area contributed by atoms with Crippen LogP contribution in [0.15, 0.2) is 200 Å². The number of anilines is 3. The second kappa shape index (κ2) is 13.1. The lowest BCUT2D eigenvalue weighted by Crippen LogP contribution is -2.10. The highest BCUT2D eigenvalue weighted by molar-refractivity contribution is 7.26. The molecule has 0 radical (unpaired) electrons. The summed E-state index contributed by atoms with van der Waals surface area (Å²) in [5, 5.41) is 7.72. The Bertz CT molecular complexity index is 3070. The Balaban J connectivity index is 1.10. The van der Waals surface area contributed by atoms with Crippen molar-refractivity contribution >= 4 is 90.9 Å². The molecule has 11 rings (SSSR count). The van der Waals surface area contributed by atoms with Gasteiger partial charge in [-0.15, -0.1) is 22.7 Å². The van der Waals surface area contributed by atoms with Crippen molar-refractivity contribution < 1.29 is 0 Å². The summed E-state index contributed by atoms with van der Waals surface area (Å²) in [6.45, 7) is 0. The van der Waals surface area contributed by atoms with Crippen LogP contribution in [0.4, 0.5) is 17.1 Å². The number of fused-ring (bicyclic) bond motifs is 7. The predicted octanol–water partition coefficient (Wildman–Crippen LogP) is 16.0. The molecule has 3 heteroatoms. The van der Waals surface area contributed by atoms with Gasteiger partial charge in [0.2, 0.25) is 0 Å². The first kappa shape index (κ1) is 32.0. The van der Waals surface area contributed by atoms with Gasteiger partial charge in [-0.2, -0.15) is 0 Å². The van der Waals surface area contributed by atoms with Crippen molar-refractivity contribution in [3.05, 3.63) is 200 Å². The molecule has 0 aliphatic heterocycles. The highest BCUT2D eigenvalue weighted by Gasteiger charge is 2.18. The Hall–Kier alpha value is -6.52. The molecule has 0 saturated carbocycles. The zero-order chi connectivity index (χ0) is 36.3. The second-order valence-electron chi connectivity index (χ2n) is 14.1. The smallest absolute Gasteiger partial charge is 0.0540 e. The first-order chi connectivity index (χ1) is 27.3. The summed E-state index contributed by atoms with van der Waals surface area (Å²) >= 11 is 3.78. The van der Waals surface area contributed by atoms with Crippen LogP contribution in [-0.2, 0) is 0 Å². The molecule has 0 unspecified atom stereocenters. The van der Waals surface area contributed by atoms with E-state index in [9.17, 15) is 0 Å². The van der Waals surface area contributed by atoms with Crippen molar-refractivity contribution in [2.24, 2.45) is 0 Å². The molecular weight excluding hydrogens is 703 g/mol. The predicted molar refractivity (Wildman–Crippen MR) is 241 cm³/mol. The molecule has 0 saturated heterocycles. The van der Waals surface area contributed by atoms with Crippen LogP contribution in [-0.4, -0.2) is 0 Å². The average molecular weight is 736 g/mol. The van der Waals surface area contributed by atoms with E-state index in [-0.39, 0.29) is 0 Å². The number of nitrogens with zero attached hydrogens (tertiary/aromatic N) is 1. The number of thiophene rings is 2. The zero-order valence-electron chi connectivity index (χ0n) is 29.8. The normalized spacial score (nSPS) is 11.6. The maximum absolute atomic E-state index is 2.41. The maximum Gasteiger partial charge on any atom is 0.0540 e. The van der Waals surface area contributed by atoms with E-state index in [2.05, 4.69) is 205 Å². The van der Waals surface area contributed by atoms with Gasteiger partial charge in [-0.05, 0) is 99.4 Å². The van der Waals surface area contributed by atoms with E-state index in [1.165, 1.54) is 84.5 Å². The molecule has 0 spiro atoms. The molecule has 0 atom stereocenters. The fourth-order valence-corrected chi connectivity index (χ4v) is 10.7. The molecule has 258 valence electrons. The van der Waals surface area contributed by atoms with Crippen LogP contribution < -0.4 is 4.90 Å². The minimum absolute atomic E-state index is 1.12. The Morgan fingerprint density at radius 1 is 0.309 bits per heavy atom. The van der Waals surface area contributed by atoms with Crippen LogP contribution >= 0.6 is 22.7 Å². The molecule has 11 aromatic rings. The van der Waals surface area contributed by atoms with E-state index in [4.69, 9.17) is 0 Å². The van der Waals surface area contributed by atoms with E-state index >= 15 is 0 Å².